The van der Waals surface area contributed by atoms with E-state index in [9.17, 15) is 9.50 Å². The SMILES string of the molecule is Cc1[nH]nc(CO)c1-c1nc(N2CCCCC2)ncc1F. The number of hydrogen-bond acceptors (Lipinski definition) is 5. The second-order valence-corrected chi connectivity index (χ2v) is 5.24. The smallest absolute Gasteiger partial charge is 0.226 e. The molecule has 2 aromatic heterocycles. The molecular formula is C14H18FN5O. The summed E-state index contributed by atoms with van der Waals surface area (Å²) in [4.78, 5) is 10.6. The Kier molecular flexibility index (Phi) is 3.83. The average molecular weight is 291 g/mol. The molecule has 2 N–H and O–H groups in total. The highest BCUT2D eigenvalue weighted by molar-refractivity contribution is 5.66. The van der Waals surface area contributed by atoms with Crippen molar-refractivity contribution in [3.8, 4) is 11.3 Å². The van der Waals surface area contributed by atoms with Gasteiger partial charge in [-0.1, -0.05) is 0 Å². The van der Waals surface area contributed by atoms with Crippen molar-refractivity contribution in [2.24, 2.45) is 0 Å². The van der Waals surface area contributed by atoms with Crippen LogP contribution in [0.3, 0.4) is 0 Å². The molecule has 112 valence electrons. The standard InChI is InChI=1S/C14H18FN5O/c1-9-12(11(8-21)19-18-9)13-10(15)7-16-14(17-13)20-5-3-2-4-6-20/h7,21H,2-6,8H2,1H3,(H,18,19). The molecule has 1 saturated heterocycles. The number of nitrogens with zero attached hydrogens (tertiary/aromatic N) is 4. The maximum absolute atomic E-state index is 14.1. The van der Waals surface area contributed by atoms with Crippen LogP contribution in [0.2, 0.25) is 0 Å². The van der Waals surface area contributed by atoms with Gasteiger partial charge < -0.3 is 10.0 Å². The van der Waals surface area contributed by atoms with Gasteiger partial charge in [0, 0.05) is 24.3 Å². The molecule has 1 aliphatic rings. The number of aliphatic hydroxyl groups is 1. The highest BCUT2D eigenvalue weighted by Crippen LogP contribution is 2.28. The van der Waals surface area contributed by atoms with E-state index >= 15 is 0 Å². The Bertz CT molecular complexity index is 636. The third kappa shape index (κ3) is 2.61. The Hall–Kier alpha value is -2.02. The van der Waals surface area contributed by atoms with Crippen LogP contribution in [0.25, 0.3) is 11.3 Å². The second kappa shape index (κ2) is 5.77. The fraction of sp³-hybridized carbons (Fsp3) is 0.500. The third-order valence-electron chi connectivity index (χ3n) is 3.78. The molecule has 0 atom stereocenters. The zero-order valence-corrected chi connectivity index (χ0v) is 11.9. The van der Waals surface area contributed by atoms with Crippen LogP contribution < -0.4 is 4.90 Å². The quantitative estimate of drug-likeness (QED) is 0.901. The summed E-state index contributed by atoms with van der Waals surface area (Å²) in [5.74, 6) is 0.0329. The number of hydrogen-bond donors (Lipinski definition) is 2. The number of aliphatic hydroxyl groups excluding tert-OH is 1. The first-order valence-corrected chi connectivity index (χ1v) is 7.13. The molecule has 0 amide bonds. The molecule has 3 heterocycles. The first kappa shape index (κ1) is 13.9. The Morgan fingerprint density at radius 2 is 2.10 bits per heavy atom. The van der Waals surface area contributed by atoms with Crippen molar-refractivity contribution in [3.05, 3.63) is 23.4 Å². The topological polar surface area (TPSA) is 77.9 Å². The molecule has 0 spiro atoms. The number of H-pyrrole nitrogens is 1. The zero-order chi connectivity index (χ0) is 14.8. The first-order chi connectivity index (χ1) is 10.2. The summed E-state index contributed by atoms with van der Waals surface area (Å²) in [5, 5.41) is 16.1. The van der Waals surface area contributed by atoms with Crippen LogP contribution in [0.4, 0.5) is 10.3 Å². The van der Waals surface area contributed by atoms with E-state index in [0.717, 1.165) is 25.9 Å². The summed E-state index contributed by atoms with van der Waals surface area (Å²) in [6.45, 7) is 3.30. The van der Waals surface area contributed by atoms with Crippen LogP contribution in [-0.2, 0) is 6.61 Å². The van der Waals surface area contributed by atoms with Crippen LogP contribution in [0.15, 0.2) is 6.20 Å². The molecule has 0 unspecified atom stereocenters. The van der Waals surface area contributed by atoms with E-state index in [-0.39, 0.29) is 12.3 Å². The lowest BCUT2D eigenvalue weighted by molar-refractivity contribution is 0.277. The number of rotatable bonds is 3. The second-order valence-electron chi connectivity index (χ2n) is 5.24. The van der Waals surface area contributed by atoms with Crippen molar-refractivity contribution in [1.29, 1.82) is 0 Å². The van der Waals surface area contributed by atoms with Gasteiger partial charge in [0.25, 0.3) is 0 Å². The lowest BCUT2D eigenvalue weighted by Gasteiger charge is -2.26. The van der Waals surface area contributed by atoms with Gasteiger partial charge in [0.05, 0.1) is 18.5 Å². The molecule has 0 radical (unpaired) electrons. The van der Waals surface area contributed by atoms with Crippen LogP contribution in [0, 0.1) is 12.7 Å². The fourth-order valence-electron chi connectivity index (χ4n) is 2.69. The van der Waals surface area contributed by atoms with Gasteiger partial charge in [-0.25, -0.2) is 14.4 Å². The number of anilines is 1. The molecule has 1 fully saturated rings. The summed E-state index contributed by atoms with van der Waals surface area (Å²) < 4.78 is 14.1. The lowest BCUT2D eigenvalue weighted by atomic mass is 10.1. The predicted molar refractivity (Wildman–Crippen MR) is 76.3 cm³/mol. The number of aromatic amines is 1. The van der Waals surface area contributed by atoms with Crippen LogP contribution in [-0.4, -0.2) is 38.4 Å². The van der Waals surface area contributed by atoms with Crippen LogP contribution in [0.1, 0.15) is 30.7 Å². The minimum absolute atomic E-state index is 0.195. The van der Waals surface area contributed by atoms with Gasteiger partial charge >= 0.3 is 0 Å². The monoisotopic (exact) mass is 291 g/mol. The summed E-state index contributed by atoms with van der Waals surface area (Å²) in [6.07, 6.45) is 4.60. The zero-order valence-electron chi connectivity index (χ0n) is 11.9. The van der Waals surface area contributed by atoms with E-state index in [2.05, 4.69) is 25.1 Å². The Morgan fingerprint density at radius 3 is 2.81 bits per heavy atom. The van der Waals surface area contributed by atoms with E-state index in [4.69, 9.17) is 0 Å². The number of nitrogens with one attached hydrogen (secondary N) is 1. The van der Waals surface area contributed by atoms with Gasteiger partial charge in [0.2, 0.25) is 5.95 Å². The molecule has 21 heavy (non-hydrogen) atoms. The van der Waals surface area contributed by atoms with Crippen molar-refractivity contribution in [2.75, 3.05) is 18.0 Å². The van der Waals surface area contributed by atoms with E-state index in [0.29, 0.717) is 22.9 Å². The highest BCUT2D eigenvalue weighted by atomic mass is 19.1. The highest BCUT2D eigenvalue weighted by Gasteiger charge is 2.21. The van der Waals surface area contributed by atoms with Gasteiger partial charge in [-0.3, -0.25) is 5.10 Å². The minimum atomic E-state index is -0.505. The van der Waals surface area contributed by atoms with Crippen LogP contribution >= 0.6 is 0 Å². The van der Waals surface area contributed by atoms with E-state index < -0.39 is 5.82 Å². The normalized spacial score (nSPS) is 15.5. The summed E-state index contributed by atoms with van der Waals surface area (Å²) >= 11 is 0. The number of halogens is 1. The average Bonchev–Trinajstić information content (AvgIpc) is 2.89. The van der Waals surface area contributed by atoms with Crippen molar-refractivity contribution >= 4 is 5.95 Å². The van der Waals surface area contributed by atoms with Gasteiger partial charge in [-0.15, -0.1) is 0 Å². The fourth-order valence-corrected chi connectivity index (χ4v) is 2.69. The predicted octanol–water partition coefficient (Wildman–Crippen LogP) is 1.80. The van der Waals surface area contributed by atoms with E-state index in [1.807, 2.05) is 0 Å². The number of piperidine rings is 1. The molecule has 0 saturated carbocycles. The van der Waals surface area contributed by atoms with Gasteiger partial charge in [0.15, 0.2) is 5.82 Å². The maximum atomic E-state index is 14.1. The van der Waals surface area contributed by atoms with Crippen molar-refractivity contribution in [2.45, 2.75) is 32.8 Å². The van der Waals surface area contributed by atoms with Gasteiger partial charge in [0.1, 0.15) is 5.69 Å². The summed E-state index contributed by atoms with van der Waals surface area (Å²) in [7, 11) is 0. The number of aromatic nitrogens is 4. The molecule has 2 aromatic rings. The molecule has 7 heteroatoms. The van der Waals surface area contributed by atoms with Crippen LogP contribution in [0.5, 0.6) is 0 Å². The summed E-state index contributed by atoms with van der Waals surface area (Å²) in [5.41, 5.74) is 1.80. The maximum Gasteiger partial charge on any atom is 0.226 e. The van der Waals surface area contributed by atoms with Gasteiger partial charge in [-0.05, 0) is 26.2 Å². The molecule has 0 bridgehead atoms. The molecule has 1 aliphatic heterocycles. The molecule has 6 nitrogen and oxygen atoms in total. The van der Waals surface area contributed by atoms with Crippen molar-refractivity contribution in [3.63, 3.8) is 0 Å². The van der Waals surface area contributed by atoms with Gasteiger partial charge in [-0.2, -0.15) is 5.10 Å². The first-order valence-electron chi connectivity index (χ1n) is 7.13. The molecule has 3 rings (SSSR count). The Labute approximate surface area is 122 Å². The van der Waals surface area contributed by atoms with E-state index in [1.54, 1.807) is 6.92 Å². The number of aryl methyl sites for hydroxylation is 1. The van der Waals surface area contributed by atoms with E-state index in [1.165, 1.54) is 12.6 Å². The molecule has 0 aromatic carbocycles. The Morgan fingerprint density at radius 1 is 1.33 bits per heavy atom. The Balaban J connectivity index is 2.03. The molecule has 0 aliphatic carbocycles. The summed E-state index contributed by atoms with van der Waals surface area (Å²) in [6, 6.07) is 0. The largest absolute Gasteiger partial charge is 0.390 e. The van der Waals surface area contributed by atoms with Crippen molar-refractivity contribution in [1.82, 2.24) is 20.2 Å². The molecular weight excluding hydrogens is 273 g/mol. The third-order valence-corrected chi connectivity index (χ3v) is 3.78. The minimum Gasteiger partial charge on any atom is -0.390 e. The lowest BCUT2D eigenvalue weighted by Crippen LogP contribution is -2.31. The van der Waals surface area contributed by atoms with Crippen molar-refractivity contribution < 1.29 is 9.50 Å².